The molecule has 5 aliphatic carbocycles. The van der Waals surface area contributed by atoms with Gasteiger partial charge in [-0.2, -0.15) is 0 Å². The number of allylic oxidation sites excluding steroid dienone is 1. The number of carboxylic acid groups (broad SMARTS) is 1. The minimum Gasteiger partial charge on any atom is -0.481 e. The highest BCUT2D eigenvalue weighted by atomic mass is 16.5. The van der Waals surface area contributed by atoms with Crippen LogP contribution in [0, 0.1) is 50.2 Å². The highest BCUT2D eigenvalue weighted by Gasteiger charge is 2.74. The molecule has 1 heterocycles. The van der Waals surface area contributed by atoms with Crippen LogP contribution in [0.5, 0.6) is 0 Å². The van der Waals surface area contributed by atoms with Gasteiger partial charge < -0.3 is 9.84 Å². The van der Waals surface area contributed by atoms with E-state index >= 15 is 0 Å². The quantitative estimate of drug-likeness (QED) is 0.424. The van der Waals surface area contributed by atoms with E-state index in [4.69, 9.17) is 4.74 Å². The molecule has 3 unspecified atom stereocenters. The molecule has 0 aromatic rings. The van der Waals surface area contributed by atoms with Crippen molar-refractivity contribution in [1.29, 1.82) is 0 Å². The zero-order chi connectivity index (χ0) is 23.8. The minimum absolute atomic E-state index is 0.102. The lowest BCUT2D eigenvalue weighted by molar-refractivity contribution is -0.216. The van der Waals surface area contributed by atoms with Crippen molar-refractivity contribution in [2.45, 2.75) is 118 Å². The zero-order valence-corrected chi connectivity index (χ0v) is 22.1. The Morgan fingerprint density at radius 2 is 1.61 bits per heavy atom. The summed E-state index contributed by atoms with van der Waals surface area (Å²) in [4.78, 5) is 12.8. The van der Waals surface area contributed by atoms with Gasteiger partial charge in [-0.25, -0.2) is 0 Å². The van der Waals surface area contributed by atoms with Gasteiger partial charge in [0.1, 0.15) is 0 Å². The molecule has 5 fully saturated rings. The normalized spacial score (nSPS) is 55.6. The first-order valence-electron chi connectivity index (χ1n) is 13.8. The minimum atomic E-state index is -0.617. The largest absolute Gasteiger partial charge is 0.481 e. The first kappa shape index (κ1) is 22.6. The lowest BCUT2D eigenvalue weighted by Gasteiger charge is -2.71. The summed E-state index contributed by atoms with van der Waals surface area (Å²) in [5.41, 5.74) is 1.76. The Kier molecular flexibility index (Phi) is 4.31. The molecule has 1 saturated heterocycles. The summed E-state index contributed by atoms with van der Waals surface area (Å²) in [6.45, 7) is 17.4. The summed E-state index contributed by atoms with van der Waals surface area (Å²) in [7, 11) is 0. The third kappa shape index (κ3) is 2.49. The highest BCUT2D eigenvalue weighted by Crippen LogP contribution is 2.78. The fourth-order valence-electron chi connectivity index (χ4n) is 11.4. The Hall–Kier alpha value is -0.830. The van der Waals surface area contributed by atoms with Gasteiger partial charge in [-0.3, -0.25) is 4.79 Å². The van der Waals surface area contributed by atoms with Crippen molar-refractivity contribution in [3.8, 4) is 0 Å². The van der Waals surface area contributed by atoms with Crippen LogP contribution in [0.4, 0.5) is 0 Å². The van der Waals surface area contributed by atoms with Gasteiger partial charge in [0.2, 0.25) is 0 Å². The van der Waals surface area contributed by atoms with Crippen molar-refractivity contribution in [1.82, 2.24) is 0 Å². The van der Waals surface area contributed by atoms with E-state index in [0.29, 0.717) is 35.4 Å². The summed E-state index contributed by atoms with van der Waals surface area (Å²) < 4.78 is 6.86. The van der Waals surface area contributed by atoms with Gasteiger partial charge >= 0.3 is 5.97 Å². The summed E-state index contributed by atoms with van der Waals surface area (Å²) in [5.74, 6) is 1.21. The topological polar surface area (TPSA) is 46.5 Å². The molecular weight excluding hydrogens is 408 g/mol. The van der Waals surface area contributed by atoms with E-state index in [9.17, 15) is 9.90 Å². The molecule has 0 amide bonds. The summed E-state index contributed by atoms with van der Waals surface area (Å²) in [6.07, 6.45) is 13.0. The van der Waals surface area contributed by atoms with E-state index in [2.05, 4.69) is 54.5 Å². The molecule has 0 aromatic heterocycles. The van der Waals surface area contributed by atoms with E-state index in [-0.39, 0.29) is 21.7 Å². The van der Waals surface area contributed by atoms with Crippen LogP contribution in [-0.4, -0.2) is 23.3 Å². The van der Waals surface area contributed by atoms with Crippen molar-refractivity contribution in [2.24, 2.45) is 50.2 Å². The maximum Gasteiger partial charge on any atom is 0.313 e. The summed E-state index contributed by atoms with van der Waals surface area (Å²) in [6, 6.07) is 0. The second kappa shape index (κ2) is 6.29. The number of carbonyl (C=O) groups is 1. The maximum atomic E-state index is 12.8. The van der Waals surface area contributed by atoms with E-state index < -0.39 is 11.4 Å². The molecule has 184 valence electrons. The number of hydrogen-bond acceptors (Lipinski definition) is 2. The molecule has 0 spiro atoms. The van der Waals surface area contributed by atoms with Crippen LogP contribution in [0.25, 0.3) is 0 Å². The molecule has 6 aliphatic rings. The van der Waals surface area contributed by atoms with E-state index in [1.807, 2.05) is 0 Å². The summed E-state index contributed by atoms with van der Waals surface area (Å²) in [5, 5.41) is 10.5. The Labute approximate surface area is 201 Å². The Morgan fingerprint density at radius 1 is 0.909 bits per heavy atom. The van der Waals surface area contributed by atoms with Gasteiger partial charge in [-0.05, 0) is 103 Å². The molecule has 0 aromatic carbocycles. The molecule has 1 N–H and O–H groups in total. The molecule has 33 heavy (non-hydrogen) atoms. The predicted molar refractivity (Wildman–Crippen MR) is 131 cm³/mol. The van der Waals surface area contributed by atoms with Crippen molar-refractivity contribution >= 4 is 5.97 Å². The van der Waals surface area contributed by atoms with Gasteiger partial charge in [-0.1, -0.05) is 60.1 Å². The monoisotopic (exact) mass is 454 g/mol. The van der Waals surface area contributed by atoms with Gasteiger partial charge in [0, 0.05) is 0 Å². The molecule has 2 bridgehead atoms. The Morgan fingerprint density at radius 3 is 2.30 bits per heavy atom. The summed E-state index contributed by atoms with van der Waals surface area (Å²) >= 11 is 0. The van der Waals surface area contributed by atoms with Gasteiger partial charge in [0.15, 0.2) is 0 Å². The van der Waals surface area contributed by atoms with Crippen LogP contribution in [0.3, 0.4) is 0 Å². The number of ether oxygens (including phenoxy) is 1. The van der Waals surface area contributed by atoms with Crippen LogP contribution >= 0.6 is 0 Å². The smallest absolute Gasteiger partial charge is 0.313 e. The van der Waals surface area contributed by atoms with Gasteiger partial charge in [-0.15, -0.1) is 0 Å². The molecule has 0 radical (unpaired) electrons. The second-order valence-corrected chi connectivity index (χ2v) is 15.2. The SMILES string of the molecule is CC1(C)C=C2[C@H]3CC[C@@H]4[C@@]5(C)CCC6OC(C[C@@]4(C)[C@]3(C)CC[C@@]2(C(=O)O)CC1)C5C6(C)C. The van der Waals surface area contributed by atoms with Crippen LogP contribution in [0.1, 0.15) is 106 Å². The molecular formula is C30H46O3. The predicted octanol–water partition coefficient (Wildman–Crippen LogP) is 7.25. The lowest BCUT2D eigenvalue weighted by Crippen LogP contribution is -2.66. The van der Waals surface area contributed by atoms with Crippen LogP contribution in [0.15, 0.2) is 11.6 Å². The zero-order valence-electron chi connectivity index (χ0n) is 22.1. The molecule has 3 heteroatoms. The van der Waals surface area contributed by atoms with Crippen molar-refractivity contribution in [3.05, 3.63) is 11.6 Å². The van der Waals surface area contributed by atoms with Crippen LogP contribution < -0.4 is 0 Å². The Bertz CT molecular complexity index is 931. The number of carboxylic acids is 1. The van der Waals surface area contributed by atoms with E-state index in [0.717, 1.165) is 25.7 Å². The van der Waals surface area contributed by atoms with Crippen molar-refractivity contribution in [3.63, 3.8) is 0 Å². The van der Waals surface area contributed by atoms with Gasteiger partial charge in [0.25, 0.3) is 0 Å². The molecule has 4 saturated carbocycles. The van der Waals surface area contributed by atoms with Crippen LogP contribution in [-0.2, 0) is 9.53 Å². The maximum absolute atomic E-state index is 12.8. The lowest BCUT2D eigenvalue weighted by atomic mass is 9.32. The number of hydrogen-bond donors (Lipinski definition) is 1. The first-order valence-corrected chi connectivity index (χ1v) is 13.8. The average Bonchev–Trinajstić information content (AvgIpc) is 2.87. The van der Waals surface area contributed by atoms with Crippen molar-refractivity contribution in [2.75, 3.05) is 0 Å². The average molecular weight is 455 g/mol. The second-order valence-electron chi connectivity index (χ2n) is 15.2. The fourth-order valence-corrected chi connectivity index (χ4v) is 11.4. The molecule has 6 rings (SSSR count). The molecule has 9 atom stereocenters. The standard InChI is InChI=1S/C30H46O3/c1-25(2)12-14-30(24(31)32)15-13-28(6)18(19(30)16-25)8-9-21-27(5)11-10-22-26(3,4)23(27)20(33-22)17-29(21,28)7/h16,18,20-23H,8-15,17H2,1-7H3,(H,31,32)/t18-,20?,21-,22?,23?,27-,28-,29-,30+/m1/s1. The fraction of sp³-hybridized carbons (Fsp3) is 0.900. The highest BCUT2D eigenvalue weighted by molar-refractivity contribution is 5.80. The first-order chi connectivity index (χ1) is 15.2. The van der Waals surface area contributed by atoms with Crippen molar-refractivity contribution < 1.29 is 14.6 Å². The number of fused-ring (bicyclic) bond motifs is 7. The van der Waals surface area contributed by atoms with E-state index in [1.54, 1.807) is 0 Å². The number of rotatable bonds is 1. The van der Waals surface area contributed by atoms with Gasteiger partial charge in [0.05, 0.1) is 17.6 Å². The third-order valence-electron chi connectivity index (χ3n) is 13.2. The molecule has 1 aliphatic heterocycles. The van der Waals surface area contributed by atoms with E-state index in [1.165, 1.54) is 37.7 Å². The molecule has 3 nitrogen and oxygen atoms in total. The third-order valence-corrected chi connectivity index (χ3v) is 13.2. The number of aliphatic carboxylic acids is 1. The van der Waals surface area contributed by atoms with Crippen LogP contribution in [0.2, 0.25) is 0 Å². The Balaban J connectivity index is 1.47.